The molecule has 2 N–H and O–H groups in total. The first-order valence-electron chi connectivity index (χ1n) is 15.2. The van der Waals surface area contributed by atoms with Crippen molar-refractivity contribution in [3.63, 3.8) is 0 Å². The Balaban J connectivity index is 1.85. The number of nitrogens with zero attached hydrogens (tertiary/aromatic N) is 1. The number of phenols is 1. The van der Waals surface area contributed by atoms with Crippen molar-refractivity contribution < 1.29 is 22.5 Å². The summed E-state index contributed by atoms with van der Waals surface area (Å²) in [4.78, 5) is 15.7. The second-order valence-corrected chi connectivity index (χ2v) is 11.9. The van der Waals surface area contributed by atoms with Gasteiger partial charge in [-0.2, -0.15) is 8.42 Å². The zero-order valence-corrected chi connectivity index (χ0v) is 25.4. The van der Waals surface area contributed by atoms with Crippen LogP contribution in [0.1, 0.15) is 101 Å². The molecule has 41 heavy (non-hydrogen) atoms. The maximum atomic E-state index is 13.9. The summed E-state index contributed by atoms with van der Waals surface area (Å²) in [6.07, 6.45) is 13.4. The van der Waals surface area contributed by atoms with Gasteiger partial charge in [-0.25, -0.2) is 0 Å². The first-order valence-corrected chi connectivity index (χ1v) is 16.6. The van der Waals surface area contributed by atoms with Crippen LogP contribution in [0, 0.1) is 0 Å². The van der Waals surface area contributed by atoms with Gasteiger partial charge in [0.1, 0.15) is 11.5 Å². The van der Waals surface area contributed by atoms with E-state index in [1.54, 1.807) is 54.6 Å². The lowest BCUT2D eigenvalue weighted by Gasteiger charge is -2.24. The minimum absolute atomic E-state index is 0.0816. The van der Waals surface area contributed by atoms with E-state index in [9.17, 15) is 18.3 Å². The van der Waals surface area contributed by atoms with E-state index < -0.39 is 10.3 Å². The van der Waals surface area contributed by atoms with E-state index in [1.165, 1.54) is 44.6 Å². The lowest BCUT2D eigenvalue weighted by Crippen LogP contribution is -2.33. The number of hydrogen-bond acceptors (Lipinski definition) is 5. The SMILES string of the molecule is CCCCCCCCN(CCCCCCCC)C(=O)c1cc(NS(=O)(=O)Oc2ccccc2)c2ccccc2c1O. The third-order valence-electron chi connectivity index (χ3n) is 7.28. The van der Waals surface area contributed by atoms with Crippen LogP contribution < -0.4 is 8.91 Å². The number of carbonyl (C=O) groups is 1. The zero-order chi connectivity index (χ0) is 29.5. The number of benzene rings is 3. The molecule has 0 unspecified atom stereocenters. The van der Waals surface area contributed by atoms with Crippen LogP contribution in [-0.2, 0) is 10.3 Å². The summed E-state index contributed by atoms with van der Waals surface area (Å²) in [5.74, 6) is -0.267. The molecule has 0 aliphatic rings. The van der Waals surface area contributed by atoms with Crippen molar-refractivity contribution >= 4 is 32.7 Å². The van der Waals surface area contributed by atoms with Gasteiger partial charge in [0.2, 0.25) is 0 Å². The number of unbranched alkanes of at least 4 members (excludes halogenated alkanes) is 10. The van der Waals surface area contributed by atoms with Gasteiger partial charge >= 0.3 is 10.3 Å². The van der Waals surface area contributed by atoms with E-state index in [2.05, 4.69) is 18.6 Å². The van der Waals surface area contributed by atoms with Gasteiger partial charge in [0, 0.05) is 23.9 Å². The van der Waals surface area contributed by atoms with Gasteiger partial charge in [0.25, 0.3) is 5.91 Å². The van der Waals surface area contributed by atoms with Gasteiger partial charge in [-0.05, 0) is 31.0 Å². The molecule has 0 heterocycles. The summed E-state index contributed by atoms with van der Waals surface area (Å²) in [6.45, 7) is 5.59. The molecule has 0 fully saturated rings. The van der Waals surface area contributed by atoms with Crippen molar-refractivity contribution in [1.29, 1.82) is 0 Å². The minimum atomic E-state index is -4.26. The average molecular weight is 583 g/mol. The molecule has 0 aliphatic carbocycles. The van der Waals surface area contributed by atoms with Crippen molar-refractivity contribution in [3.05, 3.63) is 66.2 Å². The van der Waals surface area contributed by atoms with Crippen molar-refractivity contribution in [1.82, 2.24) is 4.90 Å². The first-order chi connectivity index (χ1) is 19.9. The molecule has 3 aromatic rings. The van der Waals surface area contributed by atoms with Crippen LogP contribution in [0.2, 0.25) is 0 Å². The fraction of sp³-hybridized carbons (Fsp3) is 0.485. The molecule has 224 valence electrons. The van der Waals surface area contributed by atoms with Crippen LogP contribution in [-0.4, -0.2) is 37.4 Å². The number of aromatic hydroxyl groups is 1. The number of phenolic OH excluding ortho intramolecular Hbond substituents is 1. The molecule has 0 spiro atoms. The molecule has 0 bridgehead atoms. The summed E-state index contributed by atoms with van der Waals surface area (Å²) >= 11 is 0. The van der Waals surface area contributed by atoms with Crippen molar-refractivity contribution in [3.8, 4) is 11.5 Å². The van der Waals surface area contributed by atoms with E-state index in [0.29, 0.717) is 23.9 Å². The third-order valence-corrected chi connectivity index (χ3v) is 8.16. The largest absolute Gasteiger partial charge is 0.506 e. The first kappa shape index (κ1) is 32.3. The van der Waals surface area contributed by atoms with Gasteiger partial charge in [-0.3, -0.25) is 9.52 Å². The van der Waals surface area contributed by atoms with Crippen molar-refractivity contribution in [2.45, 2.75) is 90.9 Å². The Morgan fingerprint density at radius 3 is 1.85 bits per heavy atom. The van der Waals surface area contributed by atoms with Gasteiger partial charge < -0.3 is 14.2 Å². The topological polar surface area (TPSA) is 95.9 Å². The van der Waals surface area contributed by atoms with E-state index in [1.807, 2.05) is 4.90 Å². The van der Waals surface area contributed by atoms with Gasteiger partial charge in [-0.15, -0.1) is 0 Å². The van der Waals surface area contributed by atoms with Crippen LogP contribution in [0.15, 0.2) is 60.7 Å². The Bertz CT molecular complexity index is 1310. The second kappa shape index (κ2) is 16.9. The molecular weight excluding hydrogens is 536 g/mol. The predicted octanol–water partition coefficient (Wildman–Crippen LogP) is 8.44. The number of hydrogen-bond donors (Lipinski definition) is 2. The molecule has 1 amide bonds. The number of fused-ring (bicyclic) bond motifs is 1. The molecule has 3 aromatic carbocycles. The highest BCUT2D eigenvalue weighted by molar-refractivity contribution is 7.88. The standard InChI is InChI=1S/C33H46N2O5S/c1-3-5-7-9-11-18-24-35(25-19-12-10-8-6-4-2)33(37)30-26-31(28-22-16-17-23-29(28)32(30)36)34-41(38,39)40-27-20-14-13-15-21-27/h13-17,20-23,26,34,36H,3-12,18-19,24-25H2,1-2H3. The smallest absolute Gasteiger partial charge is 0.407 e. The van der Waals surface area contributed by atoms with E-state index in [4.69, 9.17) is 4.18 Å². The molecule has 3 rings (SSSR count). The Morgan fingerprint density at radius 1 is 0.756 bits per heavy atom. The minimum Gasteiger partial charge on any atom is -0.506 e. The van der Waals surface area contributed by atoms with Gasteiger partial charge in [-0.1, -0.05) is 121 Å². The number of carbonyl (C=O) groups excluding carboxylic acids is 1. The Morgan fingerprint density at radius 2 is 1.27 bits per heavy atom. The number of nitrogens with one attached hydrogen (secondary N) is 1. The molecule has 0 saturated heterocycles. The van der Waals surface area contributed by atoms with Crippen LogP contribution in [0.3, 0.4) is 0 Å². The van der Waals surface area contributed by atoms with Crippen LogP contribution in [0.25, 0.3) is 10.8 Å². The Kier molecular flexibility index (Phi) is 13.3. The maximum Gasteiger partial charge on any atom is 0.407 e. The number of para-hydroxylation sites is 1. The van der Waals surface area contributed by atoms with E-state index in [0.717, 1.165) is 38.5 Å². The fourth-order valence-corrected chi connectivity index (χ4v) is 5.86. The quantitative estimate of drug-likeness (QED) is 0.109. The zero-order valence-electron chi connectivity index (χ0n) is 24.6. The predicted molar refractivity (Wildman–Crippen MR) is 168 cm³/mol. The van der Waals surface area contributed by atoms with Crippen LogP contribution in [0.5, 0.6) is 11.5 Å². The molecule has 0 atom stereocenters. The summed E-state index contributed by atoms with van der Waals surface area (Å²) in [5.41, 5.74) is 0.259. The molecule has 0 saturated carbocycles. The molecule has 8 heteroatoms. The normalized spacial score (nSPS) is 11.5. The summed E-state index contributed by atoms with van der Waals surface area (Å²) in [6, 6.07) is 16.5. The highest BCUT2D eigenvalue weighted by Gasteiger charge is 2.24. The molecule has 0 aromatic heterocycles. The summed E-state index contributed by atoms with van der Waals surface area (Å²) in [5, 5.41) is 12.1. The lowest BCUT2D eigenvalue weighted by atomic mass is 10.0. The third kappa shape index (κ3) is 10.3. The monoisotopic (exact) mass is 582 g/mol. The lowest BCUT2D eigenvalue weighted by molar-refractivity contribution is 0.0746. The van der Waals surface area contributed by atoms with Gasteiger partial charge in [0.05, 0.1) is 11.3 Å². The number of rotatable bonds is 19. The molecule has 0 radical (unpaired) electrons. The highest BCUT2D eigenvalue weighted by atomic mass is 32.2. The van der Waals surface area contributed by atoms with Crippen LogP contribution in [0.4, 0.5) is 5.69 Å². The average Bonchev–Trinajstić information content (AvgIpc) is 2.97. The molecule has 0 aliphatic heterocycles. The molecular formula is C33H46N2O5S. The van der Waals surface area contributed by atoms with Crippen molar-refractivity contribution in [2.24, 2.45) is 0 Å². The summed E-state index contributed by atoms with van der Waals surface area (Å²) < 4.78 is 33.5. The Hall–Kier alpha value is -3.26. The fourth-order valence-electron chi connectivity index (χ4n) is 5.02. The highest BCUT2D eigenvalue weighted by Crippen LogP contribution is 2.36. The van der Waals surface area contributed by atoms with Gasteiger partial charge in [0.15, 0.2) is 0 Å². The number of anilines is 1. The van der Waals surface area contributed by atoms with E-state index >= 15 is 0 Å². The number of amides is 1. The summed E-state index contributed by atoms with van der Waals surface area (Å²) in [7, 11) is -4.26. The second-order valence-electron chi connectivity index (χ2n) is 10.6. The Labute approximate surface area is 246 Å². The van der Waals surface area contributed by atoms with Crippen LogP contribution >= 0.6 is 0 Å². The molecule has 7 nitrogen and oxygen atoms in total. The van der Waals surface area contributed by atoms with Crippen molar-refractivity contribution in [2.75, 3.05) is 17.8 Å². The van der Waals surface area contributed by atoms with E-state index in [-0.39, 0.29) is 28.7 Å². The maximum absolute atomic E-state index is 13.9.